The number of aromatic nitrogens is 4. The first-order chi connectivity index (χ1) is 14.6. The van der Waals surface area contributed by atoms with Gasteiger partial charge in [0, 0.05) is 13.5 Å². The Kier molecular flexibility index (Phi) is 4.50. The van der Waals surface area contributed by atoms with Crippen LogP contribution in [0.1, 0.15) is 41.9 Å². The van der Waals surface area contributed by atoms with E-state index in [0.717, 1.165) is 36.5 Å². The minimum Gasteiger partial charge on any atom is -0.348 e. The summed E-state index contributed by atoms with van der Waals surface area (Å²) in [6.45, 7) is 2.35. The second-order valence-corrected chi connectivity index (χ2v) is 7.48. The summed E-state index contributed by atoms with van der Waals surface area (Å²) in [6.07, 6.45) is 3.68. The quantitative estimate of drug-likeness (QED) is 0.472. The van der Waals surface area contributed by atoms with Gasteiger partial charge in [0.1, 0.15) is 23.0 Å². The fourth-order valence-corrected chi connectivity index (χ4v) is 4.07. The number of fused-ring (bicyclic) bond motifs is 1. The molecule has 0 aliphatic carbocycles. The molecule has 0 spiro atoms. The number of carbonyl (C=O) groups excluding carboxylic acids is 1. The molecule has 1 aliphatic heterocycles. The summed E-state index contributed by atoms with van der Waals surface area (Å²) in [7, 11) is 0. The lowest BCUT2D eigenvalue weighted by Crippen LogP contribution is -2.24. The molecule has 0 N–H and O–H groups in total. The lowest BCUT2D eigenvalue weighted by molar-refractivity contribution is 0.101. The van der Waals surface area contributed by atoms with Gasteiger partial charge >= 0.3 is 0 Å². The number of carbonyl (C=O) groups is 1. The summed E-state index contributed by atoms with van der Waals surface area (Å²) < 4.78 is 15.5. The van der Waals surface area contributed by atoms with Gasteiger partial charge in [0.15, 0.2) is 11.4 Å². The zero-order valence-corrected chi connectivity index (χ0v) is 16.5. The zero-order chi connectivity index (χ0) is 20.7. The van der Waals surface area contributed by atoms with Crippen molar-refractivity contribution in [3.8, 4) is 11.4 Å². The monoisotopic (exact) mass is 401 g/mol. The van der Waals surface area contributed by atoms with Crippen LogP contribution in [0, 0.1) is 5.82 Å². The molecule has 1 fully saturated rings. The second-order valence-electron chi connectivity index (χ2n) is 7.48. The van der Waals surface area contributed by atoms with Crippen molar-refractivity contribution in [3.63, 3.8) is 0 Å². The molecule has 0 amide bonds. The molecule has 4 aromatic rings. The maximum Gasteiger partial charge on any atom is 0.178 e. The molecule has 3 aromatic heterocycles. The van der Waals surface area contributed by atoms with Crippen molar-refractivity contribution in [2.45, 2.75) is 25.8 Å². The normalized spacial score (nSPS) is 16.3. The number of ketones is 1. The highest BCUT2D eigenvalue weighted by Crippen LogP contribution is 2.35. The number of hydrogen-bond acceptors (Lipinski definition) is 5. The summed E-state index contributed by atoms with van der Waals surface area (Å²) in [4.78, 5) is 22.8. The van der Waals surface area contributed by atoms with Crippen LogP contribution < -0.4 is 4.90 Å². The zero-order valence-electron chi connectivity index (χ0n) is 16.5. The van der Waals surface area contributed by atoms with Crippen molar-refractivity contribution < 1.29 is 9.18 Å². The van der Waals surface area contributed by atoms with Crippen LogP contribution in [0.4, 0.5) is 10.2 Å². The van der Waals surface area contributed by atoms with Gasteiger partial charge in [-0.15, -0.1) is 5.10 Å². The van der Waals surface area contributed by atoms with Gasteiger partial charge < -0.3 is 4.90 Å². The van der Waals surface area contributed by atoms with Crippen LogP contribution in [0.5, 0.6) is 0 Å². The summed E-state index contributed by atoms with van der Waals surface area (Å²) in [5, 5.41) is 4.83. The highest BCUT2D eigenvalue weighted by atomic mass is 19.1. The van der Waals surface area contributed by atoms with Gasteiger partial charge in [0.2, 0.25) is 0 Å². The predicted octanol–water partition coefficient (Wildman–Crippen LogP) is 4.47. The highest BCUT2D eigenvalue weighted by molar-refractivity contribution is 5.92. The maximum atomic E-state index is 13.8. The Morgan fingerprint density at radius 3 is 2.83 bits per heavy atom. The molecule has 1 saturated heterocycles. The van der Waals surface area contributed by atoms with Crippen molar-refractivity contribution in [2.24, 2.45) is 0 Å². The first-order valence-corrected chi connectivity index (χ1v) is 9.95. The molecule has 4 heterocycles. The fourth-order valence-electron chi connectivity index (χ4n) is 4.07. The van der Waals surface area contributed by atoms with Gasteiger partial charge in [-0.2, -0.15) is 0 Å². The third-order valence-corrected chi connectivity index (χ3v) is 5.50. The van der Waals surface area contributed by atoms with Crippen molar-refractivity contribution in [3.05, 3.63) is 77.9 Å². The van der Waals surface area contributed by atoms with Crippen LogP contribution in [-0.4, -0.2) is 31.9 Å². The molecule has 150 valence electrons. The molecule has 0 bridgehead atoms. The fraction of sp³-hybridized carbons (Fsp3) is 0.217. The van der Waals surface area contributed by atoms with Crippen LogP contribution in [0.15, 0.2) is 60.8 Å². The number of anilines is 1. The van der Waals surface area contributed by atoms with Gasteiger partial charge in [0.05, 0.1) is 17.9 Å². The standard InChI is InChI=1S/C23H20FN5O/c1-15(30)18-7-3-8-19(26-18)21-14-25-22-10-11-23(27-29(21)22)28-12-4-9-20(28)16-5-2-6-17(24)13-16/h2-3,5-8,10-11,13-14,20H,4,9,12H2,1H3/t20-/m1/s1. The topological polar surface area (TPSA) is 63.4 Å². The lowest BCUT2D eigenvalue weighted by atomic mass is 10.0. The molecule has 1 atom stereocenters. The van der Waals surface area contributed by atoms with Gasteiger partial charge in [-0.3, -0.25) is 4.79 Å². The van der Waals surface area contributed by atoms with Crippen LogP contribution in [0.3, 0.4) is 0 Å². The summed E-state index contributed by atoms with van der Waals surface area (Å²) in [5.74, 6) is 0.488. The Morgan fingerprint density at radius 1 is 1.13 bits per heavy atom. The molecule has 0 saturated carbocycles. The van der Waals surface area contributed by atoms with Crippen molar-refractivity contribution in [1.82, 2.24) is 19.6 Å². The molecule has 0 unspecified atom stereocenters. The molecule has 6 nitrogen and oxygen atoms in total. The molecule has 7 heteroatoms. The third kappa shape index (κ3) is 3.22. The Hall–Kier alpha value is -3.61. The van der Waals surface area contributed by atoms with E-state index in [-0.39, 0.29) is 17.6 Å². The third-order valence-electron chi connectivity index (χ3n) is 5.50. The van der Waals surface area contributed by atoms with E-state index < -0.39 is 0 Å². The molecule has 5 rings (SSSR count). The van der Waals surface area contributed by atoms with E-state index in [1.165, 1.54) is 13.0 Å². The van der Waals surface area contributed by atoms with Gasteiger partial charge in [-0.25, -0.2) is 18.9 Å². The summed E-state index contributed by atoms with van der Waals surface area (Å²) in [6, 6.07) is 16.1. The van der Waals surface area contributed by atoms with Gasteiger partial charge in [-0.1, -0.05) is 18.2 Å². The van der Waals surface area contributed by atoms with Crippen LogP contribution >= 0.6 is 0 Å². The Bertz CT molecular complexity index is 1250. The van der Waals surface area contributed by atoms with E-state index in [1.807, 2.05) is 30.3 Å². The van der Waals surface area contributed by atoms with Gasteiger partial charge in [-0.05, 0) is 54.8 Å². The number of pyridine rings is 1. The van der Waals surface area contributed by atoms with Crippen molar-refractivity contribution >= 4 is 17.2 Å². The van der Waals surface area contributed by atoms with E-state index in [1.54, 1.807) is 28.9 Å². The Labute approximate surface area is 173 Å². The number of nitrogens with zero attached hydrogens (tertiary/aromatic N) is 5. The molecule has 1 aromatic carbocycles. The van der Waals surface area contributed by atoms with Crippen LogP contribution in [0.25, 0.3) is 17.0 Å². The van der Waals surface area contributed by atoms with E-state index in [0.29, 0.717) is 17.0 Å². The molecule has 30 heavy (non-hydrogen) atoms. The van der Waals surface area contributed by atoms with Crippen LogP contribution in [0.2, 0.25) is 0 Å². The SMILES string of the molecule is CC(=O)c1cccc(-c2cnc3ccc(N4CCC[C@@H]4c4cccc(F)c4)nn23)n1. The van der Waals surface area contributed by atoms with E-state index in [2.05, 4.69) is 14.9 Å². The van der Waals surface area contributed by atoms with Crippen LogP contribution in [-0.2, 0) is 0 Å². The highest BCUT2D eigenvalue weighted by Gasteiger charge is 2.28. The Morgan fingerprint density at radius 2 is 2.00 bits per heavy atom. The molecule has 0 radical (unpaired) electrons. The first-order valence-electron chi connectivity index (χ1n) is 9.95. The number of halogens is 1. The van der Waals surface area contributed by atoms with E-state index in [9.17, 15) is 9.18 Å². The first kappa shape index (κ1) is 18.4. The van der Waals surface area contributed by atoms with Gasteiger partial charge in [0.25, 0.3) is 0 Å². The second kappa shape index (κ2) is 7.33. The largest absolute Gasteiger partial charge is 0.348 e. The average Bonchev–Trinajstić information content (AvgIpc) is 3.40. The number of Topliss-reactive ketones (excluding diaryl/α,β-unsaturated/α-hetero) is 1. The van der Waals surface area contributed by atoms with Crippen molar-refractivity contribution in [2.75, 3.05) is 11.4 Å². The maximum absolute atomic E-state index is 13.8. The number of rotatable bonds is 4. The minimum atomic E-state index is -0.226. The lowest BCUT2D eigenvalue weighted by Gasteiger charge is -2.26. The number of benzene rings is 1. The number of imidazole rings is 1. The minimum absolute atomic E-state index is 0.0804. The summed E-state index contributed by atoms with van der Waals surface area (Å²) in [5.41, 5.74) is 3.42. The average molecular weight is 401 g/mol. The van der Waals surface area contributed by atoms with Crippen molar-refractivity contribution in [1.29, 1.82) is 0 Å². The summed E-state index contributed by atoms with van der Waals surface area (Å²) >= 11 is 0. The molecular formula is C23H20FN5O. The molecule has 1 aliphatic rings. The van der Waals surface area contributed by atoms with E-state index >= 15 is 0 Å². The van der Waals surface area contributed by atoms with E-state index in [4.69, 9.17) is 5.10 Å². The molecular weight excluding hydrogens is 381 g/mol. The Balaban J connectivity index is 1.56. The predicted molar refractivity (Wildman–Crippen MR) is 112 cm³/mol. The smallest absolute Gasteiger partial charge is 0.178 e. The number of hydrogen-bond donors (Lipinski definition) is 0.